The highest BCUT2D eigenvalue weighted by Crippen LogP contribution is 2.25. The van der Waals surface area contributed by atoms with Crippen molar-refractivity contribution >= 4 is 48.1 Å². The summed E-state index contributed by atoms with van der Waals surface area (Å²) in [5.74, 6) is 1.32. The van der Waals surface area contributed by atoms with E-state index in [1.54, 1.807) is 11.8 Å². The summed E-state index contributed by atoms with van der Waals surface area (Å²) in [4.78, 5) is 20.5. The number of hydrogen-bond donors (Lipinski definition) is 1. The molecule has 1 aliphatic rings. The minimum Gasteiger partial charge on any atom is -0.338 e. The fraction of sp³-hybridized carbons (Fsp3) is 0.364. The second-order valence-electron chi connectivity index (χ2n) is 7.52. The number of rotatable bonds is 5. The average Bonchev–Trinajstić information content (AvgIpc) is 3.15. The van der Waals surface area contributed by atoms with Crippen LogP contribution >= 0.6 is 36.6 Å². The molecule has 1 amide bonds. The monoisotopic (exact) mass is 466 g/mol. The fourth-order valence-corrected chi connectivity index (χ4v) is 4.50. The molecule has 2 N–H and O–H groups in total. The molecule has 1 fully saturated rings. The van der Waals surface area contributed by atoms with Crippen molar-refractivity contribution in [3.8, 4) is 0 Å². The summed E-state index contributed by atoms with van der Waals surface area (Å²) in [5.41, 5.74) is 8.81. The van der Waals surface area contributed by atoms with Crippen LogP contribution in [0.15, 0.2) is 59.8 Å². The van der Waals surface area contributed by atoms with E-state index in [4.69, 9.17) is 5.73 Å². The fourth-order valence-electron chi connectivity index (χ4n) is 3.71. The van der Waals surface area contributed by atoms with Gasteiger partial charge < -0.3 is 15.0 Å². The number of carbonyl (C=O) groups excluding carboxylic acids is 1. The average molecular weight is 467 g/mol. The molecule has 1 aromatic carbocycles. The SMILES string of the molecule is CC(N)C1CCCN(C(=O)c2ccc(SCc3cn4ccccc4n3)cc2)C1.Cl.Cl. The Hall–Kier alpha value is -1.73. The minimum absolute atomic E-state index is 0. The highest BCUT2D eigenvalue weighted by molar-refractivity contribution is 7.98. The highest BCUT2D eigenvalue weighted by Gasteiger charge is 2.26. The Morgan fingerprint density at radius 1 is 1.23 bits per heavy atom. The van der Waals surface area contributed by atoms with Gasteiger partial charge in [0.1, 0.15) is 5.65 Å². The van der Waals surface area contributed by atoms with Gasteiger partial charge in [-0.05, 0) is 62.1 Å². The van der Waals surface area contributed by atoms with Gasteiger partial charge in [-0.1, -0.05) is 6.07 Å². The van der Waals surface area contributed by atoms with Crippen LogP contribution in [0.5, 0.6) is 0 Å². The Labute approximate surface area is 194 Å². The van der Waals surface area contributed by atoms with E-state index in [1.807, 2.05) is 64.9 Å². The number of halogens is 2. The van der Waals surface area contributed by atoms with Crippen molar-refractivity contribution in [2.45, 2.75) is 36.5 Å². The molecule has 0 bridgehead atoms. The molecule has 1 aliphatic heterocycles. The number of aromatic nitrogens is 2. The largest absolute Gasteiger partial charge is 0.338 e. The lowest BCUT2D eigenvalue weighted by atomic mass is 9.92. The summed E-state index contributed by atoms with van der Waals surface area (Å²) in [6.45, 7) is 3.63. The number of carbonyl (C=O) groups is 1. The van der Waals surface area contributed by atoms with Gasteiger partial charge in [-0.2, -0.15) is 0 Å². The predicted octanol–water partition coefficient (Wildman–Crippen LogP) is 4.67. The van der Waals surface area contributed by atoms with Gasteiger partial charge in [-0.3, -0.25) is 4.79 Å². The minimum atomic E-state index is 0. The molecule has 162 valence electrons. The zero-order valence-electron chi connectivity index (χ0n) is 16.9. The summed E-state index contributed by atoms with van der Waals surface area (Å²) in [5, 5.41) is 0. The van der Waals surface area contributed by atoms with Crippen molar-refractivity contribution in [2.24, 2.45) is 11.7 Å². The predicted molar refractivity (Wildman–Crippen MR) is 128 cm³/mol. The number of fused-ring (bicyclic) bond motifs is 1. The van der Waals surface area contributed by atoms with Gasteiger partial charge in [0.25, 0.3) is 5.91 Å². The molecule has 0 aliphatic carbocycles. The van der Waals surface area contributed by atoms with Crippen LogP contribution in [0.4, 0.5) is 0 Å². The van der Waals surface area contributed by atoms with Gasteiger partial charge >= 0.3 is 0 Å². The van der Waals surface area contributed by atoms with Crippen LogP contribution in [0.1, 0.15) is 35.8 Å². The van der Waals surface area contributed by atoms with E-state index >= 15 is 0 Å². The third kappa shape index (κ3) is 5.70. The van der Waals surface area contributed by atoms with Gasteiger partial charge in [0, 0.05) is 47.7 Å². The number of thioether (sulfide) groups is 1. The van der Waals surface area contributed by atoms with Crippen LogP contribution in [0.25, 0.3) is 5.65 Å². The smallest absolute Gasteiger partial charge is 0.253 e. The molecular weight excluding hydrogens is 439 g/mol. The lowest BCUT2D eigenvalue weighted by molar-refractivity contribution is 0.0661. The van der Waals surface area contributed by atoms with Crippen molar-refractivity contribution in [2.75, 3.05) is 13.1 Å². The molecule has 1 saturated heterocycles. The molecule has 0 radical (unpaired) electrons. The number of nitrogens with two attached hydrogens (primary N) is 1. The summed E-state index contributed by atoms with van der Waals surface area (Å²) >= 11 is 1.73. The molecule has 3 aromatic rings. The van der Waals surface area contributed by atoms with E-state index < -0.39 is 0 Å². The van der Waals surface area contributed by atoms with Crippen molar-refractivity contribution < 1.29 is 4.79 Å². The van der Waals surface area contributed by atoms with E-state index in [0.717, 1.165) is 53.5 Å². The normalized spacial score (nSPS) is 17.1. The molecule has 8 heteroatoms. The number of nitrogens with zero attached hydrogens (tertiary/aromatic N) is 3. The molecular formula is C22H28Cl2N4OS. The van der Waals surface area contributed by atoms with Crippen LogP contribution in [0.2, 0.25) is 0 Å². The van der Waals surface area contributed by atoms with Gasteiger partial charge in [0.05, 0.1) is 5.69 Å². The van der Waals surface area contributed by atoms with Crippen molar-refractivity contribution in [1.82, 2.24) is 14.3 Å². The Bertz CT molecular complexity index is 928. The first kappa shape index (κ1) is 24.5. The quantitative estimate of drug-likeness (QED) is 0.554. The van der Waals surface area contributed by atoms with Gasteiger partial charge in [-0.15, -0.1) is 36.6 Å². The number of hydrogen-bond acceptors (Lipinski definition) is 4. The van der Waals surface area contributed by atoms with Gasteiger partial charge in [0.15, 0.2) is 0 Å². The third-order valence-corrected chi connectivity index (χ3v) is 6.44. The van der Waals surface area contributed by atoms with Crippen molar-refractivity contribution in [1.29, 1.82) is 0 Å². The summed E-state index contributed by atoms with van der Waals surface area (Å²) in [7, 11) is 0. The van der Waals surface area contributed by atoms with Gasteiger partial charge in [0.2, 0.25) is 0 Å². The molecule has 30 heavy (non-hydrogen) atoms. The lowest BCUT2D eigenvalue weighted by Gasteiger charge is -2.34. The first-order chi connectivity index (χ1) is 13.6. The molecule has 2 unspecified atom stereocenters. The zero-order valence-corrected chi connectivity index (χ0v) is 19.4. The Morgan fingerprint density at radius 3 is 2.70 bits per heavy atom. The number of benzene rings is 1. The number of pyridine rings is 1. The first-order valence-corrected chi connectivity index (χ1v) is 10.8. The maximum absolute atomic E-state index is 12.8. The standard InChI is InChI=1S/C22H26N4OS.2ClH/c1-16(23)18-5-4-12-26(13-18)22(27)17-7-9-20(10-8-17)28-15-19-14-25-11-3-2-6-21(25)24-19;;/h2-3,6-11,14,16,18H,4-5,12-13,15,23H2,1H3;2*1H. The number of amides is 1. The Morgan fingerprint density at radius 2 is 2.00 bits per heavy atom. The van der Waals surface area contributed by atoms with Crippen LogP contribution in [0, 0.1) is 5.92 Å². The van der Waals surface area contributed by atoms with E-state index in [1.165, 1.54) is 0 Å². The summed E-state index contributed by atoms with van der Waals surface area (Å²) < 4.78 is 2.03. The second-order valence-corrected chi connectivity index (χ2v) is 8.57. The van der Waals surface area contributed by atoms with E-state index in [2.05, 4.69) is 11.2 Å². The molecule has 2 aromatic heterocycles. The summed E-state index contributed by atoms with van der Waals surface area (Å²) in [6.07, 6.45) is 6.21. The van der Waals surface area contributed by atoms with Crippen molar-refractivity contribution in [3.05, 3.63) is 66.1 Å². The molecule has 0 saturated carbocycles. The number of likely N-dealkylation sites (tertiary alicyclic amines) is 1. The third-order valence-electron chi connectivity index (χ3n) is 5.39. The van der Waals surface area contributed by atoms with E-state index in [0.29, 0.717) is 5.92 Å². The molecule has 5 nitrogen and oxygen atoms in total. The zero-order chi connectivity index (χ0) is 19.5. The Balaban J connectivity index is 0.00000160. The van der Waals surface area contributed by atoms with Crippen LogP contribution in [-0.2, 0) is 5.75 Å². The molecule has 4 rings (SSSR count). The maximum atomic E-state index is 12.8. The van der Waals surface area contributed by atoms with E-state index in [9.17, 15) is 4.79 Å². The van der Waals surface area contributed by atoms with Crippen LogP contribution in [-0.4, -0.2) is 39.3 Å². The van der Waals surface area contributed by atoms with Crippen molar-refractivity contribution in [3.63, 3.8) is 0 Å². The number of piperidine rings is 1. The van der Waals surface area contributed by atoms with Gasteiger partial charge in [-0.25, -0.2) is 4.98 Å². The first-order valence-electron chi connectivity index (χ1n) is 9.80. The van der Waals surface area contributed by atoms with Crippen LogP contribution in [0.3, 0.4) is 0 Å². The Kier molecular flexibility index (Phi) is 9.04. The molecule has 2 atom stereocenters. The second kappa shape index (κ2) is 11.0. The summed E-state index contributed by atoms with van der Waals surface area (Å²) in [6, 6.07) is 14.1. The highest BCUT2D eigenvalue weighted by atomic mass is 35.5. The van der Waals surface area contributed by atoms with E-state index in [-0.39, 0.29) is 36.8 Å². The maximum Gasteiger partial charge on any atom is 0.253 e. The molecule has 0 spiro atoms. The molecule has 3 heterocycles. The topological polar surface area (TPSA) is 63.6 Å². The number of imidazole rings is 1. The lowest BCUT2D eigenvalue weighted by Crippen LogP contribution is -2.45. The van der Waals surface area contributed by atoms with Crippen LogP contribution < -0.4 is 5.73 Å².